The van der Waals surface area contributed by atoms with E-state index in [1.807, 2.05) is 36.7 Å². The molecule has 8 heteroatoms. The van der Waals surface area contributed by atoms with Gasteiger partial charge in [-0.2, -0.15) is 0 Å². The number of aliphatic imine (C=N–C) groups is 2. The van der Waals surface area contributed by atoms with Gasteiger partial charge in [-0.25, -0.2) is 9.98 Å². The number of benzene rings is 9. The van der Waals surface area contributed by atoms with Gasteiger partial charge in [-0.15, -0.1) is 0 Å². The Kier molecular flexibility index (Phi) is 9.78. The van der Waals surface area contributed by atoms with Crippen LogP contribution in [0.3, 0.4) is 0 Å². The maximum absolute atomic E-state index is 5.30. The molecule has 0 saturated carbocycles. The fraction of sp³-hybridized carbons (Fsp3) is 0.0149. The Balaban J connectivity index is 1.06. The number of pyridine rings is 2. The van der Waals surface area contributed by atoms with E-state index in [1.165, 1.54) is 38.0 Å². The third-order valence-electron chi connectivity index (χ3n) is 14.8. The third kappa shape index (κ3) is 6.77. The van der Waals surface area contributed by atoms with E-state index in [0.29, 0.717) is 11.7 Å². The summed E-state index contributed by atoms with van der Waals surface area (Å²) in [5.41, 5.74) is 17.2. The van der Waals surface area contributed by atoms with Crippen molar-refractivity contribution in [2.75, 3.05) is 0 Å². The van der Waals surface area contributed by atoms with Gasteiger partial charge in [-0.1, -0.05) is 152 Å². The van der Waals surface area contributed by atoms with Crippen LogP contribution >= 0.6 is 0 Å². The first-order valence-corrected chi connectivity index (χ1v) is 25.3. The molecule has 0 saturated heterocycles. The predicted molar refractivity (Wildman–Crippen MR) is 308 cm³/mol. The Bertz CT molecular complexity index is 4520. The van der Waals surface area contributed by atoms with E-state index in [2.05, 4.69) is 235 Å². The molecule has 9 aromatic carbocycles. The molecule has 0 amide bonds. The summed E-state index contributed by atoms with van der Waals surface area (Å²) < 4.78 is 7.47. The van der Waals surface area contributed by atoms with Gasteiger partial charge in [0.2, 0.25) is 0 Å². The minimum atomic E-state index is -0.436. The first kappa shape index (κ1) is 42.5. The number of hydrogen-bond donors (Lipinski definition) is 1. The average molecular weight is 961 g/mol. The van der Waals surface area contributed by atoms with Gasteiger partial charge in [0.05, 0.1) is 38.8 Å². The van der Waals surface area contributed by atoms with Crippen LogP contribution in [0.5, 0.6) is 0 Å². The molecular weight excluding hydrogens is 917 g/mol. The molecule has 1 aliphatic rings. The summed E-state index contributed by atoms with van der Waals surface area (Å²) >= 11 is 0. The summed E-state index contributed by atoms with van der Waals surface area (Å²) in [5.74, 6) is 1.30. The number of para-hydroxylation sites is 4. The highest BCUT2D eigenvalue weighted by Gasteiger charge is 2.29. The molecule has 14 aromatic rings. The van der Waals surface area contributed by atoms with Crippen molar-refractivity contribution in [3.05, 3.63) is 272 Å². The number of hydrogen-bond acceptors (Lipinski definition) is 5. The number of amidine groups is 2. The summed E-state index contributed by atoms with van der Waals surface area (Å²) in [6.45, 7) is 0. The molecule has 0 bridgehead atoms. The normalized spacial score (nSPS) is 13.7. The first-order chi connectivity index (χ1) is 37.2. The van der Waals surface area contributed by atoms with Crippen molar-refractivity contribution in [2.45, 2.75) is 6.17 Å². The van der Waals surface area contributed by atoms with Gasteiger partial charge in [0.15, 0.2) is 5.84 Å². The second-order valence-corrected chi connectivity index (χ2v) is 19.1. The SMILES string of the molecule is c1ccc(-c2cc(C3=NC(c4cccnc4)=NC(c4cccnc4)N3)cc(-c3ccccc3)c2-n2c3ccccc3c3c2ccc2c4ccc5c(c6ccccc6n5-c5ccccc5)c4n(-c4ccccc4)c23)cc1. The molecule has 15 rings (SSSR count). The van der Waals surface area contributed by atoms with Crippen LogP contribution in [0.1, 0.15) is 22.9 Å². The van der Waals surface area contributed by atoms with E-state index in [4.69, 9.17) is 9.98 Å². The van der Waals surface area contributed by atoms with Crippen molar-refractivity contribution in [1.29, 1.82) is 0 Å². The zero-order valence-electron chi connectivity index (χ0n) is 40.5. The van der Waals surface area contributed by atoms with Gasteiger partial charge >= 0.3 is 0 Å². The van der Waals surface area contributed by atoms with Gasteiger partial charge in [0, 0.05) is 96.3 Å². The van der Waals surface area contributed by atoms with Gasteiger partial charge in [-0.05, 0) is 90.0 Å². The fourth-order valence-electron chi connectivity index (χ4n) is 11.6. The lowest BCUT2D eigenvalue weighted by Crippen LogP contribution is -2.33. The zero-order chi connectivity index (χ0) is 49.4. The Morgan fingerprint density at radius 1 is 0.373 bits per heavy atom. The average Bonchev–Trinajstić information content (AvgIpc) is 4.16. The van der Waals surface area contributed by atoms with Crippen LogP contribution in [-0.2, 0) is 0 Å². The molecule has 1 N–H and O–H groups in total. The topological polar surface area (TPSA) is 77.3 Å². The summed E-state index contributed by atoms with van der Waals surface area (Å²) in [5, 5.41) is 10.9. The van der Waals surface area contributed by atoms with E-state index in [9.17, 15) is 0 Å². The second kappa shape index (κ2) is 17.3. The predicted octanol–water partition coefficient (Wildman–Crippen LogP) is 15.6. The Labute approximate surface area is 431 Å². The van der Waals surface area contributed by atoms with Crippen molar-refractivity contribution < 1.29 is 0 Å². The molecule has 0 radical (unpaired) electrons. The fourth-order valence-corrected chi connectivity index (χ4v) is 11.6. The highest BCUT2D eigenvalue weighted by molar-refractivity contribution is 6.32. The molecule has 6 heterocycles. The number of aromatic nitrogens is 5. The number of rotatable bonds is 8. The van der Waals surface area contributed by atoms with Crippen LogP contribution < -0.4 is 5.32 Å². The number of fused-ring (bicyclic) bond motifs is 11. The summed E-state index contributed by atoms with van der Waals surface area (Å²) in [6.07, 6.45) is 6.81. The van der Waals surface area contributed by atoms with Crippen LogP contribution in [0, 0.1) is 0 Å². The van der Waals surface area contributed by atoms with Crippen molar-refractivity contribution in [1.82, 2.24) is 29.0 Å². The van der Waals surface area contributed by atoms with Gasteiger partial charge < -0.3 is 19.0 Å². The summed E-state index contributed by atoms with van der Waals surface area (Å²) in [4.78, 5) is 19.4. The quantitative estimate of drug-likeness (QED) is 0.165. The van der Waals surface area contributed by atoms with Crippen LogP contribution in [0.2, 0.25) is 0 Å². The van der Waals surface area contributed by atoms with Crippen LogP contribution in [0.4, 0.5) is 0 Å². The van der Waals surface area contributed by atoms with Gasteiger partial charge in [0.1, 0.15) is 12.0 Å². The summed E-state index contributed by atoms with van der Waals surface area (Å²) in [6, 6.07) is 82.8. The highest BCUT2D eigenvalue weighted by Crippen LogP contribution is 2.48. The summed E-state index contributed by atoms with van der Waals surface area (Å²) in [7, 11) is 0. The standard InChI is InChI=1S/C67H44N8/c1-5-19-43(20-6-1)54-39-47(67-71-65(45-23-17-37-68-41-45)70-66(72-67)46-24-18-38-69-42-46)40-55(44-21-7-2-8-22-44)62(54)75-57-32-16-14-30-53(57)61-59(75)36-34-51-50-33-35-58-60(63(50)74(64(51)61)49-27-11-4-12-28-49)52-29-13-15-31-56(52)73(58)48-25-9-3-10-26-48/h1-42,65H,(H,70,71,72). The van der Waals surface area contributed by atoms with E-state index < -0.39 is 6.17 Å². The maximum Gasteiger partial charge on any atom is 0.160 e. The molecule has 0 aliphatic carbocycles. The van der Waals surface area contributed by atoms with Gasteiger partial charge in [0.25, 0.3) is 0 Å². The molecule has 75 heavy (non-hydrogen) atoms. The monoisotopic (exact) mass is 960 g/mol. The van der Waals surface area contributed by atoms with E-state index >= 15 is 0 Å². The molecule has 1 atom stereocenters. The molecule has 5 aromatic heterocycles. The van der Waals surface area contributed by atoms with Gasteiger partial charge in [-0.3, -0.25) is 9.97 Å². The van der Waals surface area contributed by atoms with Crippen LogP contribution in [0.25, 0.3) is 105 Å². The minimum absolute atomic E-state index is 0.436. The number of nitrogens with zero attached hydrogens (tertiary/aromatic N) is 7. The van der Waals surface area contributed by atoms with E-state index in [0.717, 1.165) is 83.5 Å². The Morgan fingerprint density at radius 3 is 1.43 bits per heavy atom. The molecule has 0 spiro atoms. The molecule has 1 unspecified atom stereocenters. The second-order valence-electron chi connectivity index (χ2n) is 19.1. The van der Waals surface area contributed by atoms with E-state index in [1.54, 1.807) is 12.4 Å². The molecule has 0 fully saturated rings. The van der Waals surface area contributed by atoms with Crippen molar-refractivity contribution in [3.63, 3.8) is 0 Å². The molecule has 8 nitrogen and oxygen atoms in total. The maximum atomic E-state index is 5.30. The lowest BCUT2D eigenvalue weighted by molar-refractivity contribution is 0.671. The van der Waals surface area contributed by atoms with Crippen molar-refractivity contribution in [3.8, 4) is 39.3 Å². The lowest BCUT2D eigenvalue weighted by Gasteiger charge is -2.25. The first-order valence-electron chi connectivity index (χ1n) is 25.3. The Hall–Kier alpha value is -10.2. The van der Waals surface area contributed by atoms with Crippen LogP contribution in [-0.4, -0.2) is 35.3 Å². The molecule has 1 aliphatic heterocycles. The van der Waals surface area contributed by atoms with Crippen molar-refractivity contribution >= 4 is 77.1 Å². The molecular formula is C67H44N8. The highest BCUT2D eigenvalue weighted by atomic mass is 15.2. The Morgan fingerprint density at radius 2 is 0.867 bits per heavy atom. The van der Waals surface area contributed by atoms with Crippen LogP contribution in [0.15, 0.2) is 265 Å². The smallest absolute Gasteiger partial charge is 0.160 e. The lowest BCUT2D eigenvalue weighted by atomic mass is 9.92. The minimum Gasteiger partial charge on any atom is -0.344 e. The largest absolute Gasteiger partial charge is 0.344 e. The zero-order valence-corrected chi connectivity index (χ0v) is 40.5. The van der Waals surface area contributed by atoms with Crippen molar-refractivity contribution in [2.24, 2.45) is 9.98 Å². The third-order valence-corrected chi connectivity index (χ3v) is 14.8. The number of nitrogens with one attached hydrogen (secondary N) is 1. The molecule has 352 valence electrons. The van der Waals surface area contributed by atoms with E-state index in [-0.39, 0.29) is 0 Å².